The number of esters is 2. The van der Waals surface area contributed by atoms with Crippen molar-refractivity contribution in [2.45, 2.75) is 13.8 Å². The van der Waals surface area contributed by atoms with E-state index in [9.17, 15) is 14.4 Å². The molecule has 1 amide bonds. The summed E-state index contributed by atoms with van der Waals surface area (Å²) in [5.41, 5.74) is 2.98. The first kappa shape index (κ1) is 22.5. The molecule has 0 radical (unpaired) electrons. The van der Waals surface area contributed by atoms with Crippen LogP contribution in [0.25, 0.3) is 0 Å². The monoisotopic (exact) mass is 478 g/mol. The second kappa shape index (κ2) is 9.62. The lowest BCUT2D eigenvalue weighted by Crippen LogP contribution is -2.34. The molecule has 2 rings (SSSR count). The van der Waals surface area contributed by atoms with Gasteiger partial charge in [0, 0.05) is 10.0 Å². The van der Waals surface area contributed by atoms with Crippen LogP contribution in [-0.4, -0.2) is 37.2 Å². The van der Waals surface area contributed by atoms with E-state index in [2.05, 4.69) is 36.0 Å². The number of carbonyl (C=O) groups excluding carboxylic acids is 3. The predicted molar refractivity (Wildman–Crippen MR) is 116 cm³/mol. The zero-order valence-electron chi connectivity index (χ0n) is 16.2. The van der Waals surface area contributed by atoms with E-state index in [4.69, 9.17) is 12.2 Å². The van der Waals surface area contributed by atoms with Crippen molar-refractivity contribution in [1.82, 2.24) is 5.32 Å². The summed E-state index contributed by atoms with van der Waals surface area (Å²) in [6.07, 6.45) is 0. The van der Waals surface area contributed by atoms with E-state index in [0.29, 0.717) is 5.69 Å². The van der Waals surface area contributed by atoms with Crippen LogP contribution in [0.4, 0.5) is 5.69 Å². The number of carbonyl (C=O) groups is 3. The van der Waals surface area contributed by atoms with Gasteiger partial charge in [0.15, 0.2) is 5.11 Å². The Morgan fingerprint density at radius 3 is 1.86 bits per heavy atom. The number of thiocarbonyl (C=S) groups is 1. The van der Waals surface area contributed by atoms with Crippen LogP contribution in [0, 0.1) is 13.8 Å². The fraction of sp³-hybridized carbons (Fsp3) is 0.200. The van der Waals surface area contributed by atoms with Gasteiger partial charge in [-0.25, -0.2) is 9.59 Å². The second-order valence-corrected chi connectivity index (χ2v) is 7.37. The van der Waals surface area contributed by atoms with E-state index >= 15 is 0 Å². The molecule has 2 aromatic carbocycles. The van der Waals surface area contributed by atoms with E-state index in [-0.39, 0.29) is 21.8 Å². The number of aryl methyl sites for hydroxylation is 2. The fourth-order valence-corrected chi connectivity index (χ4v) is 3.20. The first-order chi connectivity index (χ1) is 13.7. The van der Waals surface area contributed by atoms with E-state index in [1.165, 1.54) is 32.4 Å². The van der Waals surface area contributed by atoms with Crippen molar-refractivity contribution in [2.24, 2.45) is 0 Å². The molecule has 152 valence electrons. The molecule has 0 atom stereocenters. The topological polar surface area (TPSA) is 93.7 Å². The van der Waals surface area contributed by atoms with Crippen LogP contribution < -0.4 is 10.6 Å². The van der Waals surface area contributed by atoms with Crippen LogP contribution in [0.5, 0.6) is 0 Å². The molecule has 0 heterocycles. The number of rotatable bonds is 4. The number of ether oxygens (including phenoxy) is 2. The molecule has 0 unspecified atom stereocenters. The van der Waals surface area contributed by atoms with Gasteiger partial charge in [-0.1, -0.05) is 0 Å². The molecule has 0 aromatic heterocycles. The molecule has 7 nitrogen and oxygen atoms in total. The molecular formula is C20H19BrN2O5S. The molecule has 2 aromatic rings. The van der Waals surface area contributed by atoms with Crippen LogP contribution in [0.15, 0.2) is 34.8 Å². The first-order valence-electron chi connectivity index (χ1n) is 8.37. The van der Waals surface area contributed by atoms with E-state index in [1.807, 2.05) is 26.0 Å². The maximum atomic E-state index is 12.6. The molecular weight excluding hydrogens is 460 g/mol. The largest absolute Gasteiger partial charge is 0.465 e. The molecule has 0 saturated heterocycles. The smallest absolute Gasteiger partial charge is 0.337 e. The molecule has 0 bridgehead atoms. The highest BCUT2D eigenvalue weighted by Gasteiger charge is 2.18. The zero-order valence-corrected chi connectivity index (χ0v) is 18.6. The standard InChI is InChI=1S/C20H19BrN2O5S/c1-10-5-15(21)16(6-11(10)2)22-20(29)23-17(24)12-7-13(18(25)27-3)9-14(8-12)19(26)28-4/h5-9H,1-4H3,(H2,22,23,24,29). The number of anilines is 1. The zero-order chi connectivity index (χ0) is 21.7. The normalized spacial score (nSPS) is 10.1. The van der Waals surface area contributed by atoms with Crippen LogP contribution >= 0.6 is 28.1 Å². The van der Waals surface area contributed by atoms with Crippen LogP contribution in [0.3, 0.4) is 0 Å². The average molecular weight is 479 g/mol. The second-order valence-electron chi connectivity index (χ2n) is 6.11. The van der Waals surface area contributed by atoms with E-state index in [0.717, 1.165) is 15.6 Å². The number of hydrogen-bond acceptors (Lipinski definition) is 6. The summed E-state index contributed by atoms with van der Waals surface area (Å²) < 4.78 is 10.1. The summed E-state index contributed by atoms with van der Waals surface area (Å²) in [6.45, 7) is 3.94. The lowest BCUT2D eigenvalue weighted by molar-refractivity contribution is 0.0599. The number of hydrogen-bond donors (Lipinski definition) is 2. The molecule has 29 heavy (non-hydrogen) atoms. The number of nitrogens with one attached hydrogen (secondary N) is 2. The highest BCUT2D eigenvalue weighted by molar-refractivity contribution is 9.10. The summed E-state index contributed by atoms with van der Waals surface area (Å²) in [5.74, 6) is -1.98. The fourth-order valence-electron chi connectivity index (χ4n) is 2.44. The SMILES string of the molecule is COC(=O)c1cc(C(=O)NC(=S)Nc2cc(C)c(C)cc2Br)cc(C(=O)OC)c1. The summed E-state index contributed by atoms with van der Waals surface area (Å²) >= 11 is 8.67. The van der Waals surface area contributed by atoms with Crippen molar-refractivity contribution in [3.63, 3.8) is 0 Å². The Hall–Kier alpha value is -2.78. The molecule has 0 saturated carbocycles. The highest BCUT2D eigenvalue weighted by atomic mass is 79.9. The highest BCUT2D eigenvalue weighted by Crippen LogP contribution is 2.26. The summed E-state index contributed by atoms with van der Waals surface area (Å²) in [6, 6.07) is 7.73. The number of methoxy groups -OCH3 is 2. The van der Waals surface area contributed by atoms with Crippen molar-refractivity contribution >= 4 is 56.8 Å². The van der Waals surface area contributed by atoms with E-state index < -0.39 is 17.8 Å². The quantitative estimate of drug-likeness (QED) is 0.510. The molecule has 0 aliphatic carbocycles. The predicted octanol–water partition coefficient (Wildman–Crippen LogP) is 3.77. The average Bonchev–Trinajstić information content (AvgIpc) is 2.70. The third kappa shape index (κ3) is 5.61. The number of benzene rings is 2. The minimum absolute atomic E-state index is 0.0383. The molecule has 9 heteroatoms. The van der Waals surface area contributed by atoms with Crippen molar-refractivity contribution < 1.29 is 23.9 Å². The van der Waals surface area contributed by atoms with Crippen LogP contribution in [0.1, 0.15) is 42.2 Å². The summed E-state index contributed by atoms with van der Waals surface area (Å²) in [4.78, 5) is 36.3. The maximum absolute atomic E-state index is 12.6. The van der Waals surface area contributed by atoms with Gasteiger partial charge in [-0.15, -0.1) is 0 Å². The van der Waals surface area contributed by atoms with Crippen molar-refractivity contribution in [3.05, 3.63) is 62.6 Å². The molecule has 0 fully saturated rings. The van der Waals surface area contributed by atoms with Crippen molar-refractivity contribution in [2.75, 3.05) is 19.5 Å². The number of halogens is 1. The van der Waals surface area contributed by atoms with Crippen LogP contribution in [-0.2, 0) is 9.47 Å². The van der Waals surface area contributed by atoms with Gasteiger partial charge in [0.1, 0.15) is 0 Å². The van der Waals surface area contributed by atoms with Gasteiger partial charge in [0.2, 0.25) is 0 Å². The molecule has 0 aliphatic heterocycles. The third-order valence-electron chi connectivity index (χ3n) is 4.10. The number of amides is 1. The Morgan fingerprint density at radius 1 is 0.862 bits per heavy atom. The Bertz CT molecular complexity index is 972. The molecule has 0 aliphatic rings. The third-order valence-corrected chi connectivity index (χ3v) is 4.96. The first-order valence-corrected chi connectivity index (χ1v) is 9.57. The molecule has 2 N–H and O–H groups in total. The lowest BCUT2D eigenvalue weighted by Gasteiger charge is -2.13. The van der Waals surface area contributed by atoms with Gasteiger partial charge in [-0.2, -0.15) is 0 Å². The van der Waals surface area contributed by atoms with Gasteiger partial charge < -0.3 is 14.8 Å². The minimum Gasteiger partial charge on any atom is -0.465 e. The lowest BCUT2D eigenvalue weighted by atomic mass is 10.0. The Kier molecular flexibility index (Phi) is 7.46. The Labute approximate surface area is 181 Å². The summed E-state index contributed by atoms with van der Waals surface area (Å²) in [5, 5.41) is 5.53. The van der Waals surface area contributed by atoms with Gasteiger partial charge in [-0.05, 0) is 83.5 Å². The Morgan fingerprint density at radius 2 is 1.34 bits per heavy atom. The molecule has 0 spiro atoms. The van der Waals surface area contributed by atoms with Crippen molar-refractivity contribution in [1.29, 1.82) is 0 Å². The van der Waals surface area contributed by atoms with Crippen LogP contribution in [0.2, 0.25) is 0 Å². The Balaban J connectivity index is 2.25. The van der Waals surface area contributed by atoms with Gasteiger partial charge in [0.05, 0.1) is 31.0 Å². The maximum Gasteiger partial charge on any atom is 0.337 e. The van der Waals surface area contributed by atoms with Gasteiger partial charge >= 0.3 is 11.9 Å². The minimum atomic E-state index is -0.690. The van der Waals surface area contributed by atoms with Crippen molar-refractivity contribution in [3.8, 4) is 0 Å². The summed E-state index contributed by atoms with van der Waals surface area (Å²) in [7, 11) is 2.40. The van der Waals surface area contributed by atoms with Gasteiger partial charge in [0.25, 0.3) is 5.91 Å². The van der Waals surface area contributed by atoms with Gasteiger partial charge in [-0.3, -0.25) is 10.1 Å². The van der Waals surface area contributed by atoms with E-state index in [1.54, 1.807) is 0 Å².